The number of carboxylic acids is 1. The third kappa shape index (κ3) is 2.05. The van der Waals surface area contributed by atoms with E-state index in [4.69, 9.17) is 5.11 Å². The number of allylic oxidation sites excluding steroid dienone is 4. The van der Waals surface area contributed by atoms with Crippen LogP contribution in [-0.2, 0) is 14.4 Å². The van der Waals surface area contributed by atoms with Crippen molar-refractivity contribution in [2.45, 2.75) is 27.2 Å². The van der Waals surface area contributed by atoms with Crippen molar-refractivity contribution in [1.29, 1.82) is 0 Å². The van der Waals surface area contributed by atoms with E-state index >= 15 is 0 Å². The largest absolute Gasteiger partial charge is 0.481 e. The SMILES string of the molecule is C[C@@H](C(=O)O)[C@@H]1C[C@@]2(C)C(=CC1=O)C=CC(=O)[C@@H]2C. The predicted octanol–water partition coefficient (Wildman–Crippen LogP) is 2.00. The number of fused-ring (bicyclic) bond motifs is 1. The summed E-state index contributed by atoms with van der Waals surface area (Å²) in [6.07, 6.45) is 5.14. The van der Waals surface area contributed by atoms with Crippen LogP contribution in [0.2, 0.25) is 0 Å². The molecule has 0 radical (unpaired) electrons. The van der Waals surface area contributed by atoms with Gasteiger partial charge in [0.25, 0.3) is 0 Å². The molecule has 0 amide bonds. The minimum absolute atomic E-state index is 0.0377. The summed E-state index contributed by atoms with van der Waals surface area (Å²) in [5.41, 5.74) is 0.409. The monoisotopic (exact) mass is 262 g/mol. The number of carboxylic acid groups (broad SMARTS) is 1. The van der Waals surface area contributed by atoms with Crippen molar-refractivity contribution in [2.75, 3.05) is 0 Å². The maximum atomic E-state index is 12.1. The Morgan fingerprint density at radius 2 is 2.00 bits per heavy atom. The van der Waals surface area contributed by atoms with Gasteiger partial charge in [0.15, 0.2) is 11.6 Å². The van der Waals surface area contributed by atoms with Gasteiger partial charge in [-0.05, 0) is 24.1 Å². The lowest BCUT2D eigenvalue weighted by atomic mass is 9.58. The van der Waals surface area contributed by atoms with Gasteiger partial charge in [-0.3, -0.25) is 14.4 Å². The highest BCUT2D eigenvalue weighted by Crippen LogP contribution is 2.49. The van der Waals surface area contributed by atoms with Crippen LogP contribution in [0.25, 0.3) is 0 Å². The quantitative estimate of drug-likeness (QED) is 0.826. The van der Waals surface area contributed by atoms with Crippen LogP contribution >= 0.6 is 0 Å². The van der Waals surface area contributed by atoms with Gasteiger partial charge in [0.1, 0.15) is 0 Å². The number of aliphatic carboxylic acids is 1. The number of carbonyl (C=O) groups excluding carboxylic acids is 2. The Labute approximate surface area is 112 Å². The molecular formula is C15H18O4. The topological polar surface area (TPSA) is 71.4 Å². The fourth-order valence-corrected chi connectivity index (χ4v) is 2.99. The summed E-state index contributed by atoms with van der Waals surface area (Å²) in [6, 6.07) is 0. The van der Waals surface area contributed by atoms with Gasteiger partial charge >= 0.3 is 5.97 Å². The van der Waals surface area contributed by atoms with Gasteiger partial charge in [0, 0.05) is 17.3 Å². The standard InChI is InChI=1S/C15H18O4/c1-8(14(18)19)11-7-15(3)9(2)12(16)5-4-10(15)6-13(11)17/h4-6,8-9,11H,7H2,1-3H3,(H,18,19)/t8-,9+,11+,15-/m1/s1. The van der Waals surface area contributed by atoms with Gasteiger partial charge in [-0.2, -0.15) is 0 Å². The highest BCUT2D eigenvalue weighted by atomic mass is 16.4. The van der Waals surface area contributed by atoms with Crippen LogP contribution in [0.1, 0.15) is 27.2 Å². The normalized spacial score (nSPS) is 35.6. The van der Waals surface area contributed by atoms with E-state index in [9.17, 15) is 14.4 Å². The molecular weight excluding hydrogens is 244 g/mol. The maximum absolute atomic E-state index is 12.1. The number of rotatable bonds is 2. The molecule has 4 heteroatoms. The molecule has 102 valence electrons. The molecule has 0 aliphatic heterocycles. The van der Waals surface area contributed by atoms with Crippen molar-refractivity contribution in [3.05, 3.63) is 23.8 Å². The van der Waals surface area contributed by atoms with Gasteiger partial charge in [0.05, 0.1) is 5.92 Å². The van der Waals surface area contributed by atoms with Gasteiger partial charge in [-0.25, -0.2) is 0 Å². The van der Waals surface area contributed by atoms with E-state index in [0.29, 0.717) is 6.42 Å². The molecule has 2 aliphatic carbocycles. The summed E-state index contributed by atoms with van der Waals surface area (Å²) < 4.78 is 0. The highest BCUT2D eigenvalue weighted by Gasteiger charge is 2.47. The number of ketones is 2. The Morgan fingerprint density at radius 3 is 2.58 bits per heavy atom. The number of hydrogen-bond acceptors (Lipinski definition) is 3. The summed E-state index contributed by atoms with van der Waals surface area (Å²) >= 11 is 0. The summed E-state index contributed by atoms with van der Waals surface area (Å²) in [5.74, 6) is -2.57. The Morgan fingerprint density at radius 1 is 1.37 bits per heavy atom. The molecule has 4 nitrogen and oxygen atoms in total. The minimum Gasteiger partial charge on any atom is -0.481 e. The van der Waals surface area contributed by atoms with Crippen LogP contribution < -0.4 is 0 Å². The smallest absolute Gasteiger partial charge is 0.306 e. The number of hydrogen-bond donors (Lipinski definition) is 1. The Balaban J connectivity index is 2.43. The van der Waals surface area contributed by atoms with Crippen LogP contribution in [0.15, 0.2) is 23.8 Å². The van der Waals surface area contributed by atoms with E-state index in [2.05, 4.69) is 0 Å². The molecule has 4 atom stereocenters. The third-order valence-corrected chi connectivity index (χ3v) is 4.77. The molecule has 0 bridgehead atoms. The lowest BCUT2D eigenvalue weighted by Crippen LogP contribution is -2.43. The van der Waals surface area contributed by atoms with E-state index in [-0.39, 0.29) is 17.5 Å². The molecule has 19 heavy (non-hydrogen) atoms. The van der Waals surface area contributed by atoms with Gasteiger partial charge in [-0.15, -0.1) is 0 Å². The fraction of sp³-hybridized carbons (Fsp3) is 0.533. The second kappa shape index (κ2) is 4.44. The van der Waals surface area contributed by atoms with E-state index in [1.165, 1.54) is 12.2 Å². The maximum Gasteiger partial charge on any atom is 0.306 e. The zero-order valence-corrected chi connectivity index (χ0v) is 11.3. The van der Waals surface area contributed by atoms with Crippen molar-refractivity contribution in [1.82, 2.24) is 0 Å². The average molecular weight is 262 g/mol. The molecule has 1 N–H and O–H groups in total. The molecule has 0 heterocycles. The number of carbonyl (C=O) groups is 3. The lowest BCUT2D eigenvalue weighted by molar-refractivity contribution is -0.146. The minimum atomic E-state index is -0.968. The second-order valence-electron chi connectivity index (χ2n) is 5.81. The first-order chi connectivity index (χ1) is 8.77. The van der Waals surface area contributed by atoms with Crippen LogP contribution in [0, 0.1) is 23.2 Å². The first-order valence-corrected chi connectivity index (χ1v) is 6.48. The van der Waals surface area contributed by atoms with Crippen molar-refractivity contribution >= 4 is 17.5 Å². The molecule has 0 spiro atoms. The van der Waals surface area contributed by atoms with Gasteiger partial charge in [-0.1, -0.05) is 26.8 Å². The van der Waals surface area contributed by atoms with Crippen molar-refractivity contribution in [2.24, 2.45) is 23.2 Å². The first kappa shape index (κ1) is 13.7. The molecule has 0 aromatic rings. The van der Waals surface area contributed by atoms with Gasteiger partial charge in [0.2, 0.25) is 0 Å². The predicted molar refractivity (Wildman–Crippen MR) is 69.4 cm³/mol. The van der Waals surface area contributed by atoms with Crippen LogP contribution in [0.4, 0.5) is 0 Å². The zero-order chi connectivity index (χ0) is 14.4. The van der Waals surface area contributed by atoms with E-state index in [1.54, 1.807) is 13.0 Å². The third-order valence-electron chi connectivity index (χ3n) is 4.77. The summed E-state index contributed by atoms with van der Waals surface area (Å²) in [7, 11) is 0. The fourth-order valence-electron chi connectivity index (χ4n) is 2.99. The van der Waals surface area contributed by atoms with E-state index in [1.807, 2.05) is 13.8 Å². The zero-order valence-electron chi connectivity index (χ0n) is 11.3. The molecule has 0 saturated heterocycles. The van der Waals surface area contributed by atoms with Crippen LogP contribution in [0.5, 0.6) is 0 Å². The molecule has 0 unspecified atom stereocenters. The Hall–Kier alpha value is -1.71. The summed E-state index contributed by atoms with van der Waals surface area (Å²) in [5, 5.41) is 9.10. The molecule has 0 saturated carbocycles. The van der Waals surface area contributed by atoms with Gasteiger partial charge < -0.3 is 5.11 Å². The Bertz CT molecular complexity index is 514. The van der Waals surface area contributed by atoms with Crippen molar-refractivity contribution in [3.63, 3.8) is 0 Å². The van der Waals surface area contributed by atoms with Crippen LogP contribution in [0.3, 0.4) is 0 Å². The van der Waals surface area contributed by atoms with Crippen molar-refractivity contribution < 1.29 is 19.5 Å². The second-order valence-corrected chi connectivity index (χ2v) is 5.81. The molecule has 2 aliphatic rings. The van der Waals surface area contributed by atoms with E-state index in [0.717, 1.165) is 5.57 Å². The van der Waals surface area contributed by atoms with E-state index < -0.39 is 23.2 Å². The Kier molecular flexibility index (Phi) is 3.20. The summed E-state index contributed by atoms with van der Waals surface area (Å²) in [6.45, 7) is 5.34. The highest BCUT2D eigenvalue weighted by molar-refractivity contribution is 6.00. The lowest BCUT2D eigenvalue weighted by Gasteiger charge is -2.43. The van der Waals surface area contributed by atoms with Crippen molar-refractivity contribution in [3.8, 4) is 0 Å². The molecule has 0 aromatic heterocycles. The van der Waals surface area contributed by atoms with Crippen LogP contribution in [-0.4, -0.2) is 22.6 Å². The average Bonchev–Trinajstić information content (AvgIpc) is 2.35. The molecule has 0 aromatic carbocycles. The molecule has 0 fully saturated rings. The first-order valence-electron chi connectivity index (χ1n) is 6.48. The summed E-state index contributed by atoms with van der Waals surface area (Å²) in [4.78, 5) is 35.0. The molecule has 2 rings (SSSR count).